The van der Waals surface area contributed by atoms with Crippen LogP contribution in [0.2, 0.25) is 0 Å². The molecule has 1 amide bonds. The van der Waals surface area contributed by atoms with Gasteiger partial charge in [0, 0.05) is 6.54 Å². The topological polar surface area (TPSA) is 91.4 Å². The van der Waals surface area contributed by atoms with Crippen molar-refractivity contribution < 1.29 is 14.3 Å². The van der Waals surface area contributed by atoms with Gasteiger partial charge in [0.1, 0.15) is 11.4 Å². The summed E-state index contributed by atoms with van der Waals surface area (Å²) in [4.78, 5) is 12.4. The lowest BCUT2D eigenvalue weighted by atomic mass is 10.1. The van der Waals surface area contributed by atoms with Crippen molar-refractivity contribution in [2.75, 3.05) is 26.5 Å². The molecule has 3 aromatic rings. The number of anilines is 1. The fourth-order valence-electron chi connectivity index (χ4n) is 2.76. The molecule has 140 valence electrons. The molecular weight excluding hydrogens is 344 g/mol. The minimum Gasteiger partial charge on any atom is -0.493 e. The van der Waals surface area contributed by atoms with Gasteiger partial charge in [-0.15, -0.1) is 0 Å². The Balaban J connectivity index is 1.63. The van der Waals surface area contributed by atoms with Crippen molar-refractivity contribution in [3.8, 4) is 17.2 Å². The molecule has 0 fully saturated rings. The van der Waals surface area contributed by atoms with E-state index in [1.807, 2.05) is 48.5 Å². The summed E-state index contributed by atoms with van der Waals surface area (Å²) in [6.07, 6.45) is 2.13. The third-order valence-electron chi connectivity index (χ3n) is 4.20. The van der Waals surface area contributed by atoms with E-state index >= 15 is 0 Å². The highest BCUT2D eigenvalue weighted by Gasteiger charge is 2.15. The molecule has 7 nitrogen and oxygen atoms in total. The summed E-state index contributed by atoms with van der Waals surface area (Å²) in [5.74, 6) is 1.39. The van der Waals surface area contributed by atoms with Crippen LogP contribution in [0, 0.1) is 0 Å². The van der Waals surface area contributed by atoms with Gasteiger partial charge in [0.15, 0.2) is 11.5 Å². The Bertz CT molecular complexity index is 922. The van der Waals surface area contributed by atoms with Crippen LogP contribution in [-0.2, 0) is 6.42 Å². The zero-order valence-electron chi connectivity index (χ0n) is 15.3. The molecule has 27 heavy (non-hydrogen) atoms. The number of nitrogens with one attached hydrogen (secondary N) is 1. The van der Waals surface area contributed by atoms with Crippen molar-refractivity contribution in [3.05, 3.63) is 65.9 Å². The van der Waals surface area contributed by atoms with Crippen LogP contribution in [0.15, 0.2) is 54.7 Å². The fraction of sp³-hybridized carbons (Fsp3) is 0.200. The van der Waals surface area contributed by atoms with Crippen LogP contribution in [0.5, 0.6) is 11.5 Å². The molecule has 0 saturated heterocycles. The van der Waals surface area contributed by atoms with Gasteiger partial charge in [0.25, 0.3) is 5.91 Å². The van der Waals surface area contributed by atoms with Gasteiger partial charge < -0.3 is 20.5 Å². The first kappa shape index (κ1) is 18.3. The molecule has 0 bridgehead atoms. The molecule has 0 radical (unpaired) electrons. The van der Waals surface area contributed by atoms with E-state index in [1.54, 1.807) is 18.9 Å². The molecule has 1 aromatic heterocycles. The van der Waals surface area contributed by atoms with Crippen molar-refractivity contribution in [1.82, 2.24) is 15.1 Å². The fourth-order valence-corrected chi connectivity index (χ4v) is 2.76. The van der Waals surface area contributed by atoms with E-state index in [2.05, 4.69) is 10.4 Å². The highest BCUT2D eigenvalue weighted by Crippen LogP contribution is 2.27. The lowest BCUT2D eigenvalue weighted by molar-refractivity contribution is 0.0955. The maximum Gasteiger partial charge on any atom is 0.256 e. The zero-order valence-corrected chi connectivity index (χ0v) is 15.3. The largest absolute Gasteiger partial charge is 0.493 e. The molecule has 1 heterocycles. The molecular formula is C20H22N4O3. The molecule has 0 unspecified atom stereocenters. The highest BCUT2D eigenvalue weighted by molar-refractivity contribution is 5.98. The zero-order chi connectivity index (χ0) is 19.2. The minimum atomic E-state index is -0.254. The Morgan fingerprint density at radius 3 is 2.56 bits per heavy atom. The number of ether oxygens (including phenoxy) is 2. The first-order chi connectivity index (χ1) is 13.1. The van der Waals surface area contributed by atoms with Crippen LogP contribution in [-0.4, -0.2) is 36.5 Å². The van der Waals surface area contributed by atoms with Gasteiger partial charge in [-0.2, -0.15) is 5.10 Å². The number of methoxy groups -OCH3 is 2. The van der Waals surface area contributed by atoms with Crippen LogP contribution < -0.4 is 20.5 Å². The molecule has 2 aromatic carbocycles. The average molecular weight is 366 g/mol. The molecule has 0 saturated carbocycles. The van der Waals surface area contributed by atoms with Crippen LogP contribution in [0.25, 0.3) is 5.69 Å². The lowest BCUT2D eigenvalue weighted by Gasteiger charge is -2.10. The second kappa shape index (κ2) is 8.27. The van der Waals surface area contributed by atoms with E-state index in [0.717, 1.165) is 11.3 Å². The van der Waals surface area contributed by atoms with Gasteiger partial charge in [-0.3, -0.25) is 4.79 Å². The number of carbonyl (C=O) groups excluding carboxylic acids is 1. The van der Waals surface area contributed by atoms with Crippen LogP contribution >= 0.6 is 0 Å². The number of nitrogen functional groups attached to an aromatic ring is 1. The number of hydrogen-bond acceptors (Lipinski definition) is 5. The number of hydrogen-bond donors (Lipinski definition) is 2. The van der Waals surface area contributed by atoms with Crippen molar-refractivity contribution >= 4 is 11.7 Å². The number of para-hydroxylation sites is 1. The van der Waals surface area contributed by atoms with Gasteiger partial charge in [0.2, 0.25) is 0 Å². The number of rotatable bonds is 7. The molecule has 0 aliphatic rings. The predicted octanol–water partition coefficient (Wildman–Crippen LogP) is 2.44. The second-order valence-electron chi connectivity index (χ2n) is 5.89. The van der Waals surface area contributed by atoms with Crippen molar-refractivity contribution in [3.63, 3.8) is 0 Å². The van der Waals surface area contributed by atoms with Gasteiger partial charge in [0.05, 0.1) is 26.1 Å². The normalized spacial score (nSPS) is 10.4. The minimum absolute atomic E-state index is 0.254. The van der Waals surface area contributed by atoms with Crippen molar-refractivity contribution in [2.45, 2.75) is 6.42 Å². The first-order valence-electron chi connectivity index (χ1n) is 8.52. The quantitative estimate of drug-likeness (QED) is 0.670. The Morgan fingerprint density at radius 1 is 1.11 bits per heavy atom. The lowest BCUT2D eigenvalue weighted by Crippen LogP contribution is -2.26. The number of aromatic nitrogens is 2. The molecule has 3 N–H and O–H groups in total. The average Bonchev–Trinajstić information content (AvgIpc) is 3.09. The number of amides is 1. The number of carbonyl (C=O) groups is 1. The standard InChI is InChI=1S/C20H22N4O3/c1-26-17-9-8-14(12-18(17)27-2)10-11-22-20(25)16-13-23-24(19(16)21)15-6-4-3-5-7-15/h3-9,12-13H,10-11,21H2,1-2H3,(H,22,25). The number of benzene rings is 2. The Kier molecular flexibility index (Phi) is 5.61. The summed E-state index contributed by atoms with van der Waals surface area (Å²) < 4.78 is 12.1. The van der Waals surface area contributed by atoms with Crippen molar-refractivity contribution in [1.29, 1.82) is 0 Å². The maximum absolute atomic E-state index is 12.4. The van der Waals surface area contributed by atoms with Crippen LogP contribution in [0.4, 0.5) is 5.82 Å². The summed E-state index contributed by atoms with van der Waals surface area (Å²) in [5.41, 5.74) is 8.28. The third-order valence-corrected chi connectivity index (χ3v) is 4.20. The second-order valence-corrected chi connectivity index (χ2v) is 5.89. The summed E-state index contributed by atoms with van der Waals surface area (Å²) in [5, 5.41) is 7.09. The molecule has 7 heteroatoms. The maximum atomic E-state index is 12.4. The summed E-state index contributed by atoms with van der Waals surface area (Å²) in [6.45, 7) is 0.463. The van der Waals surface area contributed by atoms with Crippen LogP contribution in [0.3, 0.4) is 0 Å². The van der Waals surface area contributed by atoms with E-state index in [1.165, 1.54) is 6.20 Å². The smallest absolute Gasteiger partial charge is 0.256 e. The van der Waals surface area contributed by atoms with Gasteiger partial charge >= 0.3 is 0 Å². The predicted molar refractivity (Wildman–Crippen MR) is 104 cm³/mol. The molecule has 0 aliphatic heterocycles. The summed E-state index contributed by atoms with van der Waals surface area (Å²) >= 11 is 0. The van der Waals surface area contributed by atoms with E-state index in [4.69, 9.17) is 15.2 Å². The number of nitrogens with two attached hydrogens (primary N) is 1. The molecule has 0 spiro atoms. The SMILES string of the molecule is COc1ccc(CCNC(=O)c2cnn(-c3ccccc3)c2N)cc1OC. The third kappa shape index (κ3) is 4.03. The Hall–Kier alpha value is -3.48. The molecule has 0 atom stereocenters. The monoisotopic (exact) mass is 366 g/mol. The first-order valence-corrected chi connectivity index (χ1v) is 8.52. The van der Waals surface area contributed by atoms with E-state index < -0.39 is 0 Å². The summed E-state index contributed by atoms with van der Waals surface area (Å²) in [7, 11) is 3.19. The highest BCUT2D eigenvalue weighted by atomic mass is 16.5. The van der Waals surface area contributed by atoms with E-state index in [0.29, 0.717) is 35.8 Å². The van der Waals surface area contributed by atoms with Gasteiger partial charge in [-0.25, -0.2) is 4.68 Å². The van der Waals surface area contributed by atoms with Crippen LogP contribution in [0.1, 0.15) is 15.9 Å². The Morgan fingerprint density at radius 2 is 1.85 bits per heavy atom. The van der Waals surface area contributed by atoms with Gasteiger partial charge in [-0.05, 0) is 36.2 Å². The summed E-state index contributed by atoms with van der Waals surface area (Å²) in [6, 6.07) is 15.1. The van der Waals surface area contributed by atoms with E-state index in [-0.39, 0.29) is 5.91 Å². The van der Waals surface area contributed by atoms with Gasteiger partial charge in [-0.1, -0.05) is 24.3 Å². The Labute approximate surface area is 157 Å². The molecule has 3 rings (SSSR count). The number of nitrogens with zero attached hydrogens (tertiary/aromatic N) is 2. The van der Waals surface area contributed by atoms with E-state index in [9.17, 15) is 4.79 Å². The van der Waals surface area contributed by atoms with Crippen molar-refractivity contribution in [2.24, 2.45) is 0 Å². The molecule has 0 aliphatic carbocycles.